The zero-order valence-corrected chi connectivity index (χ0v) is 12.2. The quantitative estimate of drug-likeness (QED) is 0.854. The first-order valence-electron chi connectivity index (χ1n) is 6.50. The van der Waals surface area contributed by atoms with Gasteiger partial charge in [-0.1, -0.05) is 48.6 Å². The van der Waals surface area contributed by atoms with Gasteiger partial charge in [0.25, 0.3) is 0 Å². The van der Waals surface area contributed by atoms with Gasteiger partial charge in [0.2, 0.25) is 0 Å². The van der Waals surface area contributed by atoms with E-state index in [0.29, 0.717) is 17.2 Å². The first-order chi connectivity index (χ1) is 9.61. The molecule has 2 aromatic rings. The summed E-state index contributed by atoms with van der Waals surface area (Å²) in [6.07, 6.45) is 0. The Morgan fingerprint density at radius 1 is 1.15 bits per heavy atom. The largest absolute Gasteiger partial charge is 0.389 e. The number of rotatable bonds is 5. The van der Waals surface area contributed by atoms with Gasteiger partial charge >= 0.3 is 0 Å². The lowest BCUT2D eigenvalue weighted by atomic mass is 10.1. The minimum Gasteiger partial charge on any atom is -0.389 e. The van der Waals surface area contributed by atoms with Gasteiger partial charge < -0.3 is 10.6 Å². The summed E-state index contributed by atoms with van der Waals surface area (Å²) in [4.78, 5) is 2.38. The highest BCUT2D eigenvalue weighted by atomic mass is 32.1. The van der Waals surface area contributed by atoms with E-state index in [2.05, 4.69) is 0 Å². The van der Waals surface area contributed by atoms with Crippen LogP contribution in [0.2, 0.25) is 0 Å². The topological polar surface area (TPSA) is 29.3 Å². The second-order valence-corrected chi connectivity index (χ2v) is 4.97. The van der Waals surface area contributed by atoms with Gasteiger partial charge in [-0.25, -0.2) is 4.39 Å². The molecule has 0 aliphatic heterocycles. The normalized spacial score (nSPS) is 10.3. The first-order valence-corrected chi connectivity index (χ1v) is 6.91. The van der Waals surface area contributed by atoms with Crippen LogP contribution in [0, 0.1) is 5.82 Å². The number of hydrogen-bond donors (Lipinski definition) is 1. The van der Waals surface area contributed by atoms with Gasteiger partial charge in [0.15, 0.2) is 0 Å². The van der Waals surface area contributed by atoms with Crippen LogP contribution in [0.5, 0.6) is 0 Å². The molecule has 0 unspecified atom stereocenters. The van der Waals surface area contributed by atoms with Crippen LogP contribution in [0.4, 0.5) is 10.1 Å². The minimum atomic E-state index is -0.200. The van der Waals surface area contributed by atoms with E-state index >= 15 is 0 Å². The summed E-state index contributed by atoms with van der Waals surface area (Å²) in [5, 5.41) is 0. The lowest BCUT2D eigenvalue weighted by molar-refractivity contribution is 0.618. The molecular weight excluding hydrogens is 271 g/mol. The molecule has 0 spiro atoms. The van der Waals surface area contributed by atoms with E-state index in [1.54, 1.807) is 12.1 Å². The summed E-state index contributed by atoms with van der Waals surface area (Å²) in [5.74, 6) is -0.200. The van der Waals surface area contributed by atoms with Crippen molar-refractivity contribution in [2.75, 3.05) is 11.4 Å². The fourth-order valence-electron chi connectivity index (χ4n) is 2.07. The number of thiocarbonyl (C=S) groups is 1. The fourth-order valence-corrected chi connectivity index (χ4v) is 2.21. The molecular formula is C16H17FN2S. The van der Waals surface area contributed by atoms with Gasteiger partial charge in [-0.05, 0) is 24.6 Å². The molecule has 0 heterocycles. The maximum Gasteiger partial charge on any atom is 0.146 e. The molecule has 0 aliphatic carbocycles. The van der Waals surface area contributed by atoms with E-state index in [1.165, 1.54) is 6.07 Å². The Hall–Kier alpha value is -1.94. The molecule has 0 fully saturated rings. The number of nitrogens with two attached hydrogens (primary N) is 1. The zero-order chi connectivity index (χ0) is 14.5. The third-order valence-electron chi connectivity index (χ3n) is 3.19. The molecule has 104 valence electrons. The molecule has 2 rings (SSSR count). The molecule has 0 atom stereocenters. The van der Waals surface area contributed by atoms with Crippen molar-refractivity contribution in [1.29, 1.82) is 0 Å². The number of benzene rings is 2. The Balaban J connectivity index is 2.18. The van der Waals surface area contributed by atoms with Crippen LogP contribution in [-0.4, -0.2) is 11.5 Å². The van der Waals surface area contributed by atoms with Crippen LogP contribution in [0.1, 0.15) is 18.1 Å². The SMILES string of the molecule is CCN(Cc1ccc(C(N)=S)cc1)c1ccccc1F. The smallest absolute Gasteiger partial charge is 0.146 e. The molecule has 0 radical (unpaired) electrons. The molecule has 2 nitrogen and oxygen atoms in total. The standard InChI is InChI=1S/C16H17FN2S/c1-2-19(15-6-4-3-5-14(15)17)11-12-7-9-13(10-8-12)16(18)20/h3-10H,2,11H2,1H3,(H2,18,20). The number of para-hydroxylation sites is 1. The third-order valence-corrected chi connectivity index (χ3v) is 3.42. The second kappa shape index (κ2) is 6.48. The average molecular weight is 288 g/mol. The van der Waals surface area contributed by atoms with E-state index in [0.717, 1.165) is 17.7 Å². The van der Waals surface area contributed by atoms with Crippen LogP contribution in [0.15, 0.2) is 48.5 Å². The molecule has 0 amide bonds. The highest BCUT2D eigenvalue weighted by Crippen LogP contribution is 2.20. The molecule has 0 saturated carbocycles. The van der Waals surface area contributed by atoms with Gasteiger partial charge in [-0.2, -0.15) is 0 Å². The second-order valence-electron chi connectivity index (χ2n) is 4.53. The van der Waals surface area contributed by atoms with Crippen LogP contribution in [-0.2, 0) is 6.54 Å². The van der Waals surface area contributed by atoms with Crippen LogP contribution in [0.25, 0.3) is 0 Å². The number of halogens is 1. The minimum absolute atomic E-state index is 0.200. The van der Waals surface area contributed by atoms with Gasteiger partial charge in [-0.3, -0.25) is 0 Å². The summed E-state index contributed by atoms with van der Waals surface area (Å²) in [6.45, 7) is 3.39. The summed E-state index contributed by atoms with van der Waals surface area (Å²) in [7, 11) is 0. The number of nitrogens with zero attached hydrogens (tertiary/aromatic N) is 1. The average Bonchev–Trinajstić information content (AvgIpc) is 2.46. The van der Waals surface area contributed by atoms with Crippen molar-refractivity contribution < 1.29 is 4.39 Å². The Morgan fingerprint density at radius 3 is 2.35 bits per heavy atom. The van der Waals surface area contributed by atoms with E-state index in [1.807, 2.05) is 42.2 Å². The van der Waals surface area contributed by atoms with Crippen LogP contribution in [0.3, 0.4) is 0 Å². The summed E-state index contributed by atoms with van der Waals surface area (Å²) >= 11 is 4.93. The van der Waals surface area contributed by atoms with E-state index < -0.39 is 0 Å². The van der Waals surface area contributed by atoms with E-state index in [4.69, 9.17) is 18.0 Å². The van der Waals surface area contributed by atoms with Gasteiger partial charge in [0.05, 0.1) is 5.69 Å². The molecule has 2 N–H and O–H groups in total. The van der Waals surface area contributed by atoms with Gasteiger partial charge in [-0.15, -0.1) is 0 Å². The van der Waals surface area contributed by atoms with Crippen molar-refractivity contribution in [3.8, 4) is 0 Å². The molecule has 2 aromatic carbocycles. The summed E-state index contributed by atoms with van der Waals surface area (Å²) in [5.41, 5.74) is 8.13. The van der Waals surface area contributed by atoms with Crippen molar-refractivity contribution in [3.63, 3.8) is 0 Å². The van der Waals surface area contributed by atoms with Crippen molar-refractivity contribution in [3.05, 3.63) is 65.5 Å². The molecule has 0 aliphatic rings. The predicted octanol–water partition coefficient (Wildman–Crippen LogP) is 3.49. The lowest BCUT2D eigenvalue weighted by Crippen LogP contribution is -2.23. The highest BCUT2D eigenvalue weighted by Gasteiger charge is 2.09. The lowest BCUT2D eigenvalue weighted by Gasteiger charge is -2.23. The van der Waals surface area contributed by atoms with E-state index in [9.17, 15) is 4.39 Å². The fraction of sp³-hybridized carbons (Fsp3) is 0.188. The van der Waals surface area contributed by atoms with Crippen molar-refractivity contribution in [1.82, 2.24) is 0 Å². The Morgan fingerprint density at radius 2 is 1.80 bits per heavy atom. The molecule has 20 heavy (non-hydrogen) atoms. The van der Waals surface area contributed by atoms with Crippen LogP contribution < -0.4 is 10.6 Å². The third kappa shape index (κ3) is 3.33. The van der Waals surface area contributed by atoms with Crippen molar-refractivity contribution >= 4 is 22.9 Å². The number of hydrogen-bond acceptors (Lipinski definition) is 2. The van der Waals surface area contributed by atoms with Crippen LogP contribution >= 0.6 is 12.2 Å². The molecule has 4 heteroatoms. The molecule has 0 saturated heterocycles. The van der Waals surface area contributed by atoms with Crippen molar-refractivity contribution in [2.45, 2.75) is 13.5 Å². The Bertz CT molecular complexity index is 596. The Kier molecular flexibility index (Phi) is 4.69. The first kappa shape index (κ1) is 14.5. The summed E-state index contributed by atoms with van der Waals surface area (Å²) < 4.78 is 13.8. The maximum absolute atomic E-state index is 13.8. The maximum atomic E-state index is 13.8. The predicted molar refractivity (Wildman–Crippen MR) is 85.5 cm³/mol. The van der Waals surface area contributed by atoms with E-state index in [-0.39, 0.29) is 5.82 Å². The Labute approximate surface area is 124 Å². The number of anilines is 1. The monoisotopic (exact) mass is 288 g/mol. The van der Waals surface area contributed by atoms with Gasteiger partial charge in [0, 0.05) is 18.7 Å². The van der Waals surface area contributed by atoms with Gasteiger partial charge in [0.1, 0.15) is 10.8 Å². The summed E-state index contributed by atoms with van der Waals surface area (Å²) in [6, 6.07) is 14.5. The van der Waals surface area contributed by atoms with Crippen molar-refractivity contribution in [2.24, 2.45) is 5.73 Å². The zero-order valence-electron chi connectivity index (χ0n) is 11.3. The highest BCUT2D eigenvalue weighted by molar-refractivity contribution is 7.80. The molecule has 0 aromatic heterocycles. The molecule has 0 bridgehead atoms.